The highest BCUT2D eigenvalue weighted by Gasteiger charge is 2.54. The maximum Gasteiger partial charge on any atom is 0.338 e. The van der Waals surface area contributed by atoms with E-state index in [-0.39, 0.29) is 29.9 Å². The smallest absolute Gasteiger partial charge is 0.338 e. The summed E-state index contributed by atoms with van der Waals surface area (Å²) in [6.45, 7) is 3.57. The van der Waals surface area contributed by atoms with Crippen LogP contribution in [0.5, 0.6) is 0 Å². The van der Waals surface area contributed by atoms with Gasteiger partial charge in [0.15, 0.2) is 6.61 Å². The molecule has 4 fully saturated rings. The fourth-order valence-corrected chi connectivity index (χ4v) is 5.98. The summed E-state index contributed by atoms with van der Waals surface area (Å²) >= 11 is 0. The molecule has 4 aliphatic rings. The maximum atomic E-state index is 13.1. The van der Waals surface area contributed by atoms with E-state index in [2.05, 4.69) is 10.6 Å². The molecule has 6 heteroatoms. The van der Waals surface area contributed by atoms with Gasteiger partial charge in [-0.3, -0.25) is 9.59 Å². The van der Waals surface area contributed by atoms with Gasteiger partial charge in [-0.1, -0.05) is 6.92 Å². The van der Waals surface area contributed by atoms with Gasteiger partial charge in [-0.05, 0) is 93.9 Å². The molecule has 4 saturated carbocycles. The van der Waals surface area contributed by atoms with Crippen molar-refractivity contribution in [3.05, 3.63) is 29.8 Å². The van der Waals surface area contributed by atoms with Gasteiger partial charge in [0, 0.05) is 11.7 Å². The van der Waals surface area contributed by atoms with Crippen LogP contribution >= 0.6 is 0 Å². The molecule has 1 aromatic rings. The number of hydrogen-bond donors (Lipinski definition) is 2. The average molecular weight is 413 g/mol. The predicted octanol–water partition coefficient (Wildman–Crippen LogP) is 3.91. The molecule has 0 saturated heterocycles. The molecule has 6 nitrogen and oxygen atoms in total. The molecule has 1 aromatic carbocycles. The molecule has 2 amide bonds. The monoisotopic (exact) mass is 412 g/mol. The van der Waals surface area contributed by atoms with Crippen LogP contribution in [0.1, 0.15) is 69.2 Å². The largest absolute Gasteiger partial charge is 0.452 e. The van der Waals surface area contributed by atoms with E-state index in [1.54, 1.807) is 24.3 Å². The fraction of sp³-hybridized carbons (Fsp3) is 0.625. The summed E-state index contributed by atoms with van der Waals surface area (Å²) < 4.78 is 5.08. The van der Waals surface area contributed by atoms with E-state index in [0.717, 1.165) is 43.4 Å². The van der Waals surface area contributed by atoms with Gasteiger partial charge >= 0.3 is 5.97 Å². The third kappa shape index (κ3) is 4.37. The highest BCUT2D eigenvalue weighted by atomic mass is 16.5. The summed E-state index contributed by atoms with van der Waals surface area (Å²) in [5.41, 5.74) is 0.857. The summed E-state index contributed by atoms with van der Waals surface area (Å²) in [4.78, 5) is 37.1. The van der Waals surface area contributed by atoms with E-state index in [0.29, 0.717) is 11.3 Å². The van der Waals surface area contributed by atoms with Gasteiger partial charge in [0.05, 0.1) is 11.0 Å². The lowest BCUT2D eigenvalue weighted by molar-refractivity contribution is -0.140. The van der Waals surface area contributed by atoms with Crippen LogP contribution in [0.3, 0.4) is 0 Å². The molecule has 0 aliphatic heterocycles. The van der Waals surface area contributed by atoms with E-state index in [1.807, 2.05) is 13.8 Å². The Bertz CT molecular complexity index is 782. The molecule has 0 heterocycles. The van der Waals surface area contributed by atoms with Gasteiger partial charge in [0.1, 0.15) is 0 Å². The van der Waals surface area contributed by atoms with Gasteiger partial charge in [0.25, 0.3) is 5.91 Å². The molecule has 162 valence electrons. The molecule has 0 unspecified atom stereocenters. The van der Waals surface area contributed by atoms with Crippen molar-refractivity contribution < 1.29 is 19.1 Å². The van der Waals surface area contributed by atoms with Gasteiger partial charge in [-0.2, -0.15) is 0 Å². The highest BCUT2D eigenvalue weighted by Crippen LogP contribution is 2.60. The zero-order chi connectivity index (χ0) is 21.3. The number of rotatable bonds is 7. The Kier molecular flexibility index (Phi) is 5.85. The van der Waals surface area contributed by atoms with Crippen LogP contribution in [0.25, 0.3) is 0 Å². The minimum atomic E-state index is -0.548. The van der Waals surface area contributed by atoms with Crippen LogP contribution in [0.2, 0.25) is 0 Å². The third-order valence-corrected chi connectivity index (χ3v) is 7.25. The van der Waals surface area contributed by atoms with Crippen molar-refractivity contribution in [2.75, 3.05) is 11.9 Å². The lowest BCUT2D eigenvalue weighted by Gasteiger charge is -2.55. The Morgan fingerprint density at radius 1 is 1.03 bits per heavy atom. The lowest BCUT2D eigenvalue weighted by Crippen LogP contribution is -2.51. The summed E-state index contributed by atoms with van der Waals surface area (Å²) in [5.74, 6) is 1.44. The molecule has 5 rings (SSSR count). The standard InChI is InChI=1S/C24H32N2O4/c1-3-15(2)25-21(27)14-30-22(28)19-4-6-20(7-5-19)26-23(29)24-11-16-8-17(12-24)10-18(9-16)13-24/h4-7,15-18H,3,8-14H2,1-2H3,(H,25,27)(H,26,29)/t15-,16?,17?,18?,24?/m0/s1. The van der Waals surface area contributed by atoms with Crippen molar-refractivity contribution in [2.24, 2.45) is 23.2 Å². The van der Waals surface area contributed by atoms with Gasteiger partial charge in [-0.15, -0.1) is 0 Å². The first-order valence-corrected chi connectivity index (χ1v) is 11.2. The van der Waals surface area contributed by atoms with Crippen LogP contribution in [-0.4, -0.2) is 30.4 Å². The number of amides is 2. The molecule has 4 bridgehead atoms. The molecule has 30 heavy (non-hydrogen) atoms. The first kappa shape index (κ1) is 20.9. The number of esters is 1. The van der Waals surface area contributed by atoms with Gasteiger partial charge in [0.2, 0.25) is 5.91 Å². The molecule has 0 radical (unpaired) electrons. The predicted molar refractivity (Wildman–Crippen MR) is 114 cm³/mol. The van der Waals surface area contributed by atoms with Crippen molar-refractivity contribution in [3.8, 4) is 0 Å². The van der Waals surface area contributed by atoms with E-state index in [4.69, 9.17) is 4.74 Å². The molecule has 1 atom stereocenters. The second-order valence-corrected chi connectivity index (χ2v) is 9.68. The van der Waals surface area contributed by atoms with Crippen LogP contribution < -0.4 is 10.6 Å². The van der Waals surface area contributed by atoms with Gasteiger partial charge < -0.3 is 15.4 Å². The van der Waals surface area contributed by atoms with Crippen LogP contribution in [0.15, 0.2) is 24.3 Å². The van der Waals surface area contributed by atoms with Crippen LogP contribution in [0.4, 0.5) is 5.69 Å². The van der Waals surface area contributed by atoms with E-state index in [1.165, 1.54) is 19.3 Å². The Labute approximate surface area is 178 Å². The van der Waals surface area contributed by atoms with Crippen LogP contribution in [0, 0.1) is 23.2 Å². The molecule has 0 spiro atoms. The number of benzene rings is 1. The number of carbonyl (C=O) groups excluding carboxylic acids is 3. The molecule has 0 aromatic heterocycles. The van der Waals surface area contributed by atoms with E-state index < -0.39 is 5.97 Å². The Balaban J connectivity index is 1.31. The SMILES string of the molecule is CC[C@H](C)NC(=O)COC(=O)c1ccc(NC(=O)C23CC4CC(CC(C4)C2)C3)cc1. The quantitative estimate of drug-likeness (QED) is 0.665. The summed E-state index contributed by atoms with van der Waals surface area (Å²) in [6.07, 6.45) is 7.79. The number of ether oxygens (including phenoxy) is 1. The van der Waals surface area contributed by atoms with Crippen molar-refractivity contribution in [3.63, 3.8) is 0 Å². The number of nitrogens with one attached hydrogen (secondary N) is 2. The zero-order valence-electron chi connectivity index (χ0n) is 17.9. The zero-order valence-corrected chi connectivity index (χ0v) is 17.9. The molecular formula is C24H32N2O4. The number of carbonyl (C=O) groups is 3. The van der Waals surface area contributed by atoms with Crippen molar-refractivity contribution in [1.29, 1.82) is 0 Å². The second-order valence-electron chi connectivity index (χ2n) is 9.68. The molecule has 4 aliphatic carbocycles. The summed E-state index contributed by atoms with van der Waals surface area (Å²) in [6, 6.07) is 6.77. The number of hydrogen-bond acceptors (Lipinski definition) is 4. The topological polar surface area (TPSA) is 84.5 Å². The van der Waals surface area contributed by atoms with Crippen LogP contribution in [-0.2, 0) is 14.3 Å². The van der Waals surface area contributed by atoms with Crippen molar-refractivity contribution in [2.45, 2.75) is 64.8 Å². The lowest BCUT2D eigenvalue weighted by atomic mass is 9.49. The summed E-state index contributed by atoms with van der Waals surface area (Å²) in [5, 5.41) is 5.85. The highest BCUT2D eigenvalue weighted by molar-refractivity contribution is 5.96. The van der Waals surface area contributed by atoms with Crippen molar-refractivity contribution in [1.82, 2.24) is 5.32 Å². The second kappa shape index (κ2) is 8.40. The Morgan fingerprint density at radius 2 is 1.60 bits per heavy atom. The summed E-state index contributed by atoms with van der Waals surface area (Å²) in [7, 11) is 0. The number of anilines is 1. The maximum absolute atomic E-state index is 13.1. The first-order chi connectivity index (χ1) is 14.4. The van der Waals surface area contributed by atoms with Gasteiger partial charge in [-0.25, -0.2) is 4.79 Å². The average Bonchev–Trinajstić information content (AvgIpc) is 2.71. The fourth-order valence-electron chi connectivity index (χ4n) is 5.98. The molecular weight excluding hydrogens is 380 g/mol. The first-order valence-electron chi connectivity index (χ1n) is 11.2. The normalized spacial score (nSPS) is 29.9. The Morgan fingerprint density at radius 3 is 2.13 bits per heavy atom. The van der Waals surface area contributed by atoms with E-state index in [9.17, 15) is 14.4 Å². The Hall–Kier alpha value is -2.37. The molecule has 2 N–H and O–H groups in total. The minimum Gasteiger partial charge on any atom is -0.452 e. The third-order valence-electron chi connectivity index (χ3n) is 7.25. The minimum absolute atomic E-state index is 0.0491. The van der Waals surface area contributed by atoms with Crippen molar-refractivity contribution >= 4 is 23.5 Å². The van der Waals surface area contributed by atoms with E-state index >= 15 is 0 Å².